The molecule has 0 amide bonds. The molecule has 84 valence electrons. The van der Waals surface area contributed by atoms with Crippen LogP contribution in [-0.2, 0) is 0 Å². The van der Waals surface area contributed by atoms with Gasteiger partial charge in [-0.1, -0.05) is 36.2 Å². The molecular formula is C11H15Cl2NS. The Morgan fingerprint density at radius 1 is 1.33 bits per heavy atom. The van der Waals surface area contributed by atoms with E-state index in [-0.39, 0.29) is 0 Å². The SMILES string of the molecule is CCSCCCNc1cccc(Cl)c1Cl. The highest BCUT2D eigenvalue weighted by Crippen LogP contribution is 2.29. The molecule has 15 heavy (non-hydrogen) atoms. The Bertz CT molecular complexity index is 305. The Labute approximate surface area is 106 Å². The molecule has 0 spiro atoms. The molecule has 1 rings (SSSR count). The topological polar surface area (TPSA) is 12.0 Å². The van der Waals surface area contributed by atoms with Gasteiger partial charge in [0.1, 0.15) is 0 Å². The van der Waals surface area contributed by atoms with Crippen LogP contribution in [0.15, 0.2) is 18.2 Å². The predicted octanol–water partition coefficient (Wildman–Crippen LogP) is 4.55. The fraction of sp³-hybridized carbons (Fsp3) is 0.455. The van der Waals surface area contributed by atoms with Gasteiger partial charge in [0, 0.05) is 6.54 Å². The third-order valence-electron chi connectivity index (χ3n) is 1.94. The Balaban J connectivity index is 2.34. The van der Waals surface area contributed by atoms with Crippen molar-refractivity contribution in [2.45, 2.75) is 13.3 Å². The second-order valence-electron chi connectivity index (χ2n) is 3.08. The molecule has 1 N–H and O–H groups in total. The average molecular weight is 264 g/mol. The van der Waals surface area contributed by atoms with E-state index in [2.05, 4.69) is 12.2 Å². The van der Waals surface area contributed by atoms with Gasteiger partial charge in [0.25, 0.3) is 0 Å². The summed E-state index contributed by atoms with van der Waals surface area (Å²) in [6.45, 7) is 3.11. The first kappa shape index (κ1) is 13.0. The minimum Gasteiger partial charge on any atom is -0.384 e. The van der Waals surface area contributed by atoms with Crippen LogP contribution < -0.4 is 5.32 Å². The summed E-state index contributed by atoms with van der Waals surface area (Å²) in [6.07, 6.45) is 1.14. The Morgan fingerprint density at radius 2 is 2.13 bits per heavy atom. The lowest BCUT2D eigenvalue weighted by Gasteiger charge is -2.08. The average Bonchev–Trinajstić information content (AvgIpc) is 2.24. The van der Waals surface area contributed by atoms with Crippen molar-refractivity contribution in [3.8, 4) is 0 Å². The summed E-state index contributed by atoms with van der Waals surface area (Å²) in [5, 5.41) is 4.50. The molecule has 4 heteroatoms. The molecule has 0 bridgehead atoms. The van der Waals surface area contributed by atoms with Crippen molar-refractivity contribution in [2.24, 2.45) is 0 Å². The zero-order valence-electron chi connectivity index (χ0n) is 8.72. The molecule has 1 nitrogen and oxygen atoms in total. The standard InChI is InChI=1S/C11H15Cl2NS/c1-2-15-8-4-7-14-10-6-3-5-9(12)11(10)13/h3,5-6,14H,2,4,7-8H2,1H3. The van der Waals surface area contributed by atoms with Crippen LogP contribution in [0.4, 0.5) is 5.69 Å². The van der Waals surface area contributed by atoms with Crippen LogP contribution >= 0.6 is 35.0 Å². The maximum atomic E-state index is 6.03. The molecule has 0 aromatic heterocycles. The van der Waals surface area contributed by atoms with Gasteiger partial charge >= 0.3 is 0 Å². The first-order valence-electron chi connectivity index (χ1n) is 5.01. The fourth-order valence-corrected chi connectivity index (χ4v) is 2.19. The van der Waals surface area contributed by atoms with Gasteiger partial charge in [0.15, 0.2) is 0 Å². The smallest absolute Gasteiger partial charge is 0.0823 e. The van der Waals surface area contributed by atoms with Crippen LogP contribution in [0.25, 0.3) is 0 Å². The van der Waals surface area contributed by atoms with Crippen molar-refractivity contribution in [3.63, 3.8) is 0 Å². The van der Waals surface area contributed by atoms with Crippen molar-refractivity contribution in [2.75, 3.05) is 23.4 Å². The van der Waals surface area contributed by atoms with Gasteiger partial charge in [0.05, 0.1) is 15.7 Å². The molecule has 0 aliphatic carbocycles. The molecular weight excluding hydrogens is 249 g/mol. The predicted molar refractivity (Wildman–Crippen MR) is 72.6 cm³/mol. The lowest BCUT2D eigenvalue weighted by atomic mass is 10.3. The number of halogens is 2. The van der Waals surface area contributed by atoms with Crippen molar-refractivity contribution < 1.29 is 0 Å². The maximum absolute atomic E-state index is 6.03. The van der Waals surface area contributed by atoms with E-state index < -0.39 is 0 Å². The zero-order chi connectivity index (χ0) is 11.1. The molecule has 0 saturated heterocycles. The summed E-state index contributed by atoms with van der Waals surface area (Å²) in [4.78, 5) is 0. The summed E-state index contributed by atoms with van der Waals surface area (Å²) < 4.78 is 0. The number of hydrogen-bond acceptors (Lipinski definition) is 2. The van der Waals surface area contributed by atoms with E-state index in [1.165, 1.54) is 11.5 Å². The highest BCUT2D eigenvalue weighted by molar-refractivity contribution is 7.99. The molecule has 0 atom stereocenters. The highest BCUT2D eigenvalue weighted by atomic mass is 35.5. The third-order valence-corrected chi connectivity index (χ3v) is 3.74. The second-order valence-corrected chi connectivity index (χ2v) is 5.26. The molecule has 0 radical (unpaired) electrons. The summed E-state index contributed by atoms with van der Waals surface area (Å²) in [7, 11) is 0. The molecule has 1 aromatic carbocycles. The fourth-order valence-electron chi connectivity index (χ4n) is 1.18. The van der Waals surface area contributed by atoms with Crippen molar-refractivity contribution in [1.82, 2.24) is 0 Å². The van der Waals surface area contributed by atoms with Crippen LogP contribution in [0.1, 0.15) is 13.3 Å². The Hall–Kier alpha value is -0.0500. The lowest BCUT2D eigenvalue weighted by molar-refractivity contribution is 0.992. The van der Waals surface area contributed by atoms with E-state index in [4.69, 9.17) is 23.2 Å². The maximum Gasteiger partial charge on any atom is 0.0823 e. The highest BCUT2D eigenvalue weighted by Gasteiger charge is 2.02. The quantitative estimate of drug-likeness (QED) is 0.756. The normalized spacial score (nSPS) is 10.3. The Kier molecular flexibility index (Phi) is 6.30. The summed E-state index contributed by atoms with van der Waals surface area (Å²) >= 11 is 13.9. The van der Waals surface area contributed by atoms with Crippen LogP contribution in [0.2, 0.25) is 10.0 Å². The number of rotatable bonds is 6. The molecule has 0 unspecified atom stereocenters. The van der Waals surface area contributed by atoms with Crippen molar-refractivity contribution in [3.05, 3.63) is 28.2 Å². The minimum absolute atomic E-state index is 0.601. The van der Waals surface area contributed by atoms with Gasteiger partial charge in [-0.3, -0.25) is 0 Å². The largest absolute Gasteiger partial charge is 0.384 e. The van der Waals surface area contributed by atoms with E-state index >= 15 is 0 Å². The number of benzene rings is 1. The van der Waals surface area contributed by atoms with Gasteiger partial charge in [-0.25, -0.2) is 0 Å². The molecule has 0 saturated carbocycles. The number of thioether (sulfide) groups is 1. The first-order valence-corrected chi connectivity index (χ1v) is 6.92. The summed E-state index contributed by atoms with van der Waals surface area (Å²) in [5.41, 5.74) is 0.922. The minimum atomic E-state index is 0.601. The van der Waals surface area contributed by atoms with Gasteiger partial charge in [0.2, 0.25) is 0 Å². The lowest BCUT2D eigenvalue weighted by Crippen LogP contribution is -2.03. The number of anilines is 1. The molecule has 1 aromatic rings. The number of hydrogen-bond donors (Lipinski definition) is 1. The monoisotopic (exact) mass is 263 g/mol. The van der Waals surface area contributed by atoms with E-state index in [1.54, 1.807) is 6.07 Å². The van der Waals surface area contributed by atoms with E-state index in [0.717, 1.165) is 18.7 Å². The van der Waals surface area contributed by atoms with Crippen LogP contribution in [0.3, 0.4) is 0 Å². The first-order chi connectivity index (χ1) is 7.25. The van der Waals surface area contributed by atoms with Crippen molar-refractivity contribution in [1.29, 1.82) is 0 Å². The summed E-state index contributed by atoms with van der Waals surface area (Å²) in [5.74, 6) is 2.36. The zero-order valence-corrected chi connectivity index (χ0v) is 11.1. The van der Waals surface area contributed by atoms with Gasteiger partial charge in [-0.05, 0) is 30.1 Å². The van der Waals surface area contributed by atoms with E-state index in [9.17, 15) is 0 Å². The van der Waals surface area contributed by atoms with Gasteiger partial charge in [-0.2, -0.15) is 11.8 Å². The van der Waals surface area contributed by atoms with Crippen LogP contribution in [-0.4, -0.2) is 18.1 Å². The number of nitrogens with one attached hydrogen (secondary N) is 1. The van der Waals surface area contributed by atoms with Gasteiger partial charge in [-0.15, -0.1) is 0 Å². The molecule has 0 heterocycles. The van der Waals surface area contributed by atoms with Crippen molar-refractivity contribution >= 4 is 40.7 Å². The summed E-state index contributed by atoms with van der Waals surface area (Å²) in [6, 6.07) is 5.64. The third kappa shape index (κ3) is 4.54. The molecule has 0 fully saturated rings. The Morgan fingerprint density at radius 3 is 2.87 bits per heavy atom. The van der Waals surface area contributed by atoms with Crippen LogP contribution in [0, 0.1) is 0 Å². The van der Waals surface area contributed by atoms with E-state index in [0.29, 0.717) is 10.0 Å². The second kappa shape index (κ2) is 7.26. The van der Waals surface area contributed by atoms with Crippen LogP contribution in [0.5, 0.6) is 0 Å². The molecule has 0 aliphatic rings. The molecule has 0 aliphatic heterocycles. The van der Waals surface area contributed by atoms with E-state index in [1.807, 2.05) is 23.9 Å². The van der Waals surface area contributed by atoms with Gasteiger partial charge < -0.3 is 5.32 Å².